The fourth-order valence-electron chi connectivity index (χ4n) is 2.93. The highest BCUT2D eigenvalue weighted by molar-refractivity contribution is 5.93. The van der Waals surface area contributed by atoms with Crippen molar-refractivity contribution in [3.63, 3.8) is 0 Å². The molecule has 0 aromatic heterocycles. The molecule has 1 aliphatic carbocycles. The third-order valence-electron chi connectivity index (χ3n) is 4.28. The standard InChI is InChI=1S/C18H22N2O5/c1-3-19(14-8-5-4-6-9-14)17(21)12-25-18(22)15-10-7-11-16(13(15)2)20(23)24/h7-8,10-11H,3-6,9,12H2,1-2H3. The molecule has 1 amide bonds. The SMILES string of the molecule is CCN(C(=O)COC(=O)c1cccc([N+](=O)[O-])c1C)C1=CCCCC1. The van der Waals surface area contributed by atoms with E-state index in [9.17, 15) is 19.7 Å². The number of hydrogen-bond donors (Lipinski definition) is 0. The number of nitrogens with zero attached hydrogens (tertiary/aromatic N) is 2. The quantitative estimate of drug-likeness (QED) is 0.447. The van der Waals surface area contributed by atoms with Crippen molar-refractivity contribution in [2.45, 2.75) is 39.5 Å². The van der Waals surface area contributed by atoms with E-state index < -0.39 is 10.9 Å². The van der Waals surface area contributed by atoms with Crippen molar-refractivity contribution in [1.82, 2.24) is 4.90 Å². The molecule has 0 fully saturated rings. The van der Waals surface area contributed by atoms with Crippen molar-refractivity contribution in [2.24, 2.45) is 0 Å². The van der Waals surface area contributed by atoms with Crippen molar-refractivity contribution >= 4 is 17.6 Å². The van der Waals surface area contributed by atoms with Gasteiger partial charge < -0.3 is 9.64 Å². The van der Waals surface area contributed by atoms with Gasteiger partial charge >= 0.3 is 5.97 Å². The van der Waals surface area contributed by atoms with Crippen molar-refractivity contribution in [2.75, 3.05) is 13.2 Å². The number of rotatable bonds is 6. The lowest BCUT2D eigenvalue weighted by atomic mass is 10.0. The first-order valence-electron chi connectivity index (χ1n) is 8.36. The Balaban J connectivity index is 2.04. The Hall–Kier alpha value is -2.70. The highest BCUT2D eigenvalue weighted by atomic mass is 16.6. The van der Waals surface area contributed by atoms with Gasteiger partial charge in [0.1, 0.15) is 0 Å². The summed E-state index contributed by atoms with van der Waals surface area (Å²) >= 11 is 0. The van der Waals surface area contributed by atoms with Gasteiger partial charge in [0.15, 0.2) is 6.61 Å². The Bertz CT molecular complexity index is 711. The summed E-state index contributed by atoms with van der Waals surface area (Å²) in [6, 6.07) is 4.21. The summed E-state index contributed by atoms with van der Waals surface area (Å²) in [5.41, 5.74) is 1.15. The number of amides is 1. The van der Waals surface area contributed by atoms with Crippen LogP contribution < -0.4 is 0 Å². The first-order valence-corrected chi connectivity index (χ1v) is 8.36. The molecule has 0 radical (unpaired) electrons. The van der Waals surface area contributed by atoms with Gasteiger partial charge in [-0.3, -0.25) is 14.9 Å². The number of carbonyl (C=O) groups is 2. The monoisotopic (exact) mass is 346 g/mol. The number of ether oxygens (including phenoxy) is 1. The van der Waals surface area contributed by atoms with Crippen LogP contribution in [0.2, 0.25) is 0 Å². The molecular weight excluding hydrogens is 324 g/mol. The number of nitro benzene ring substituents is 1. The maximum Gasteiger partial charge on any atom is 0.339 e. The largest absolute Gasteiger partial charge is 0.452 e. The highest BCUT2D eigenvalue weighted by Gasteiger charge is 2.22. The molecule has 0 heterocycles. The van der Waals surface area contributed by atoms with E-state index in [1.165, 1.54) is 25.1 Å². The van der Waals surface area contributed by atoms with Crippen LogP contribution >= 0.6 is 0 Å². The van der Waals surface area contributed by atoms with Crippen LogP contribution in [-0.4, -0.2) is 34.9 Å². The van der Waals surface area contributed by atoms with E-state index in [-0.39, 0.29) is 29.3 Å². The lowest BCUT2D eigenvalue weighted by Gasteiger charge is -2.26. The molecule has 1 aromatic carbocycles. The number of benzene rings is 1. The minimum Gasteiger partial charge on any atom is -0.452 e. The Morgan fingerprint density at radius 3 is 2.68 bits per heavy atom. The average molecular weight is 346 g/mol. The molecule has 0 bridgehead atoms. The molecule has 0 N–H and O–H groups in total. The summed E-state index contributed by atoms with van der Waals surface area (Å²) in [5.74, 6) is -1.02. The van der Waals surface area contributed by atoms with Crippen molar-refractivity contribution in [3.05, 3.63) is 51.2 Å². The molecule has 0 saturated carbocycles. The molecule has 0 spiro atoms. The second kappa shape index (κ2) is 8.41. The molecule has 0 atom stereocenters. The molecular formula is C18H22N2O5. The minimum atomic E-state index is -0.733. The number of hydrogen-bond acceptors (Lipinski definition) is 5. The smallest absolute Gasteiger partial charge is 0.339 e. The van der Waals surface area contributed by atoms with Crippen LogP contribution in [0.3, 0.4) is 0 Å². The van der Waals surface area contributed by atoms with E-state index in [1.54, 1.807) is 4.90 Å². The molecule has 134 valence electrons. The topological polar surface area (TPSA) is 89.8 Å². The normalized spacial score (nSPS) is 13.8. The first-order chi connectivity index (χ1) is 12.0. The van der Waals surface area contributed by atoms with Gasteiger partial charge in [-0.25, -0.2) is 4.79 Å². The molecule has 1 aromatic rings. The Morgan fingerprint density at radius 1 is 1.32 bits per heavy atom. The van der Waals surface area contributed by atoms with Gasteiger partial charge in [-0.1, -0.05) is 12.1 Å². The minimum absolute atomic E-state index is 0.0990. The average Bonchev–Trinajstić information content (AvgIpc) is 2.61. The highest BCUT2D eigenvalue weighted by Crippen LogP contribution is 2.23. The third-order valence-corrected chi connectivity index (χ3v) is 4.28. The van der Waals surface area contributed by atoms with Crippen LogP contribution in [0.1, 0.15) is 48.5 Å². The van der Waals surface area contributed by atoms with Gasteiger partial charge in [-0.2, -0.15) is 0 Å². The van der Waals surface area contributed by atoms with Crippen molar-refractivity contribution < 1.29 is 19.2 Å². The summed E-state index contributed by atoms with van der Waals surface area (Å²) < 4.78 is 5.10. The zero-order valence-electron chi connectivity index (χ0n) is 14.5. The van der Waals surface area contributed by atoms with E-state index in [0.29, 0.717) is 6.54 Å². The summed E-state index contributed by atoms with van der Waals surface area (Å²) in [5, 5.41) is 11.0. The summed E-state index contributed by atoms with van der Waals surface area (Å²) in [6.45, 7) is 3.49. The molecule has 1 aliphatic rings. The van der Waals surface area contributed by atoms with Gasteiger partial charge in [0, 0.05) is 23.9 Å². The Labute approximate surface area is 146 Å². The molecule has 0 saturated heterocycles. The third kappa shape index (κ3) is 4.43. The molecule has 7 heteroatoms. The lowest BCUT2D eigenvalue weighted by Crippen LogP contribution is -2.34. The second-order valence-corrected chi connectivity index (χ2v) is 5.86. The van der Waals surface area contributed by atoms with Crippen LogP contribution in [0.25, 0.3) is 0 Å². The number of nitro groups is 1. The van der Waals surface area contributed by atoms with Crippen molar-refractivity contribution in [1.29, 1.82) is 0 Å². The van der Waals surface area contributed by atoms with Crippen LogP contribution in [0, 0.1) is 17.0 Å². The van der Waals surface area contributed by atoms with E-state index in [0.717, 1.165) is 31.4 Å². The first kappa shape index (κ1) is 18.6. The molecule has 0 unspecified atom stereocenters. The summed E-state index contributed by atoms with van der Waals surface area (Å²) in [6.07, 6.45) is 6.01. The van der Waals surface area contributed by atoms with Crippen LogP contribution in [0.15, 0.2) is 30.0 Å². The molecule has 7 nitrogen and oxygen atoms in total. The molecule has 0 aliphatic heterocycles. The zero-order valence-corrected chi connectivity index (χ0v) is 14.5. The number of allylic oxidation sites excluding steroid dienone is 2. The number of likely N-dealkylation sites (N-methyl/N-ethyl adjacent to an activating group) is 1. The van der Waals surface area contributed by atoms with Gasteiger partial charge in [0.2, 0.25) is 0 Å². The maximum absolute atomic E-state index is 12.4. The van der Waals surface area contributed by atoms with Crippen LogP contribution in [-0.2, 0) is 9.53 Å². The predicted octanol–water partition coefficient (Wildman–Crippen LogP) is 3.37. The number of esters is 1. The fraction of sp³-hybridized carbons (Fsp3) is 0.444. The van der Waals surface area contributed by atoms with Crippen molar-refractivity contribution in [3.8, 4) is 0 Å². The van der Waals surface area contributed by atoms with Gasteiger partial charge in [-0.05, 0) is 45.6 Å². The molecule has 25 heavy (non-hydrogen) atoms. The molecule has 2 rings (SSSR count). The van der Waals surface area contributed by atoms with E-state index in [1.807, 2.05) is 6.92 Å². The van der Waals surface area contributed by atoms with E-state index in [2.05, 4.69) is 6.08 Å². The number of carbonyl (C=O) groups excluding carboxylic acids is 2. The van der Waals surface area contributed by atoms with E-state index in [4.69, 9.17) is 4.74 Å². The summed E-state index contributed by atoms with van der Waals surface area (Å²) in [7, 11) is 0. The Morgan fingerprint density at radius 2 is 2.08 bits per heavy atom. The maximum atomic E-state index is 12.4. The van der Waals surface area contributed by atoms with Gasteiger partial charge in [0.05, 0.1) is 10.5 Å². The van der Waals surface area contributed by atoms with Crippen LogP contribution in [0.5, 0.6) is 0 Å². The second-order valence-electron chi connectivity index (χ2n) is 5.86. The van der Waals surface area contributed by atoms with Crippen LogP contribution in [0.4, 0.5) is 5.69 Å². The Kier molecular flexibility index (Phi) is 6.27. The summed E-state index contributed by atoms with van der Waals surface area (Å²) in [4.78, 5) is 36.6. The lowest BCUT2D eigenvalue weighted by molar-refractivity contribution is -0.385. The van der Waals surface area contributed by atoms with Gasteiger partial charge in [0.25, 0.3) is 11.6 Å². The van der Waals surface area contributed by atoms with E-state index >= 15 is 0 Å². The van der Waals surface area contributed by atoms with Gasteiger partial charge in [-0.15, -0.1) is 0 Å². The fourth-order valence-corrected chi connectivity index (χ4v) is 2.93. The predicted molar refractivity (Wildman–Crippen MR) is 92.1 cm³/mol. The zero-order chi connectivity index (χ0) is 18.4.